The van der Waals surface area contributed by atoms with E-state index in [-0.39, 0.29) is 11.9 Å². The van der Waals surface area contributed by atoms with Gasteiger partial charge in [-0.1, -0.05) is 159 Å². The van der Waals surface area contributed by atoms with Crippen LogP contribution in [0.3, 0.4) is 0 Å². The summed E-state index contributed by atoms with van der Waals surface area (Å²) in [6.45, 7) is 27.7. The topological polar surface area (TPSA) is 76.1 Å². The molecule has 2 unspecified atom stereocenters. The van der Waals surface area contributed by atoms with Crippen molar-refractivity contribution in [2.24, 2.45) is 22.7 Å². The SMILES string of the molecule is CCCN(CCC)CCCCC(O)(CCCCCCOC(=O)CCCCCCC(C)CC(C)(C)C)CCCCCCOC(=O)CCCCCCC(C)CC(C)(C)C. The van der Waals surface area contributed by atoms with Crippen molar-refractivity contribution in [3.63, 3.8) is 0 Å². The van der Waals surface area contributed by atoms with Crippen molar-refractivity contribution < 1.29 is 24.2 Å². The quantitative estimate of drug-likeness (QED) is 0.0492. The molecule has 0 heterocycles. The molecule has 0 aliphatic heterocycles. The first kappa shape index (κ1) is 55.9. The first-order chi connectivity index (χ1) is 27.0. The van der Waals surface area contributed by atoms with Gasteiger partial charge in [-0.25, -0.2) is 0 Å². The van der Waals surface area contributed by atoms with E-state index in [1.54, 1.807) is 0 Å². The van der Waals surface area contributed by atoms with E-state index in [1.165, 1.54) is 64.2 Å². The minimum absolute atomic E-state index is 0.0435. The molecule has 6 heteroatoms. The van der Waals surface area contributed by atoms with Crippen LogP contribution in [-0.4, -0.2) is 60.4 Å². The number of carbonyl (C=O) groups excluding carboxylic acids is 2. The van der Waals surface area contributed by atoms with E-state index < -0.39 is 5.60 Å². The maximum Gasteiger partial charge on any atom is 0.305 e. The van der Waals surface area contributed by atoms with Gasteiger partial charge >= 0.3 is 11.9 Å². The number of hydrogen-bond donors (Lipinski definition) is 1. The molecule has 57 heavy (non-hydrogen) atoms. The lowest BCUT2D eigenvalue weighted by atomic mass is 9.83. The minimum atomic E-state index is -0.603. The van der Waals surface area contributed by atoms with Gasteiger partial charge < -0.3 is 19.5 Å². The zero-order valence-corrected chi connectivity index (χ0v) is 40.2. The Balaban J connectivity index is 4.32. The maximum atomic E-state index is 12.2. The molecular formula is C51H101NO5. The van der Waals surface area contributed by atoms with Crippen LogP contribution >= 0.6 is 0 Å². The van der Waals surface area contributed by atoms with Crippen LogP contribution in [0.15, 0.2) is 0 Å². The van der Waals surface area contributed by atoms with Crippen molar-refractivity contribution in [2.45, 2.75) is 261 Å². The fourth-order valence-electron chi connectivity index (χ4n) is 8.99. The van der Waals surface area contributed by atoms with Gasteiger partial charge in [0.25, 0.3) is 0 Å². The molecule has 6 nitrogen and oxygen atoms in total. The summed E-state index contributed by atoms with van der Waals surface area (Å²) in [5.74, 6) is 1.46. The Morgan fingerprint density at radius 2 is 0.842 bits per heavy atom. The second-order valence-electron chi connectivity index (χ2n) is 20.9. The molecule has 1 N–H and O–H groups in total. The highest BCUT2D eigenvalue weighted by Gasteiger charge is 2.25. The molecule has 2 atom stereocenters. The normalized spacial score (nSPS) is 14.5. The van der Waals surface area contributed by atoms with Crippen LogP contribution in [0.25, 0.3) is 0 Å². The van der Waals surface area contributed by atoms with Gasteiger partial charge in [0, 0.05) is 12.8 Å². The van der Waals surface area contributed by atoms with Crippen molar-refractivity contribution in [3.05, 3.63) is 0 Å². The zero-order valence-electron chi connectivity index (χ0n) is 40.2. The summed E-state index contributed by atoms with van der Waals surface area (Å²) in [6, 6.07) is 0. The predicted molar refractivity (Wildman–Crippen MR) is 246 cm³/mol. The fraction of sp³-hybridized carbons (Fsp3) is 0.961. The lowest BCUT2D eigenvalue weighted by Gasteiger charge is -2.29. The average Bonchev–Trinajstić information content (AvgIpc) is 3.11. The Hall–Kier alpha value is -1.14. The molecule has 0 spiro atoms. The number of ether oxygens (including phenoxy) is 2. The monoisotopic (exact) mass is 808 g/mol. The minimum Gasteiger partial charge on any atom is -0.466 e. The fourth-order valence-corrected chi connectivity index (χ4v) is 8.99. The molecule has 0 fully saturated rings. The first-order valence-electron chi connectivity index (χ1n) is 24.7. The standard InChI is InChI=1S/C51H101NO5/c1-11-38-52(39-12-2)40-28-27-37-51(55,35-25-17-19-29-41-56-47(53)33-23-15-13-21-31-45(3)43-49(5,6)7)36-26-18-20-30-42-57-48(54)34-24-16-14-22-32-46(4)44-50(8,9)10/h45-46,55H,11-44H2,1-10H3. The van der Waals surface area contributed by atoms with Gasteiger partial charge in [0.05, 0.1) is 18.8 Å². The van der Waals surface area contributed by atoms with Crippen molar-refractivity contribution in [3.8, 4) is 0 Å². The van der Waals surface area contributed by atoms with Gasteiger partial charge in [-0.3, -0.25) is 9.59 Å². The molecule has 0 radical (unpaired) electrons. The number of unbranched alkanes of at least 4 members (excludes halogenated alkanes) is 13. The second kappa shape index (κ2) is 34.6. The van der Waals surface area contributed by atoms with E-state index in [2.05, 4.69) is 74.1 Å². The van der Waals surface area contributed by atoms with E-state index in [0.717, 1.165) is 141 Å². The van der Waals surface area contributed by atoms with Crippen LogP contribution in [-0.2, 0) is 19.1 Å². The third-order valence-corrected chi connectivity index (χ3v) is 11.6. The van der Waals surface area contributed by atoms with Crippen LogP contribution < -0.4 is 0 Å². The van der Waals surface area contributed by atoms with Gasteiger partial charge in [-0.15, -0.1) is 0 Å². The molecule has 0 aromatic carbocycles. The van der Waals surface area contributed by atoms with Crippen LogP contribution in [0.5, 0.6) is 0 Å². The number of nitrogens with zero attached hydrogens (tertiary/aromatic N) is 1. The van der Waals surface area contributed by atoms with Gasteiger partial charge in [-0.2, -0.15) is 0 Å². The molecule has 0 rings (SSSR count). The van der Waals surface area contributed by atoms with Crippen molar-refractivity contribution >= 4 is 11.9 Å². The van der Waals surface area contributed by atoms with E-state index >= 15 is 0 Å². The molecule has 0 saturated heterocycles. The summed E-state index contributed by atoms with van der Waals surface area (Å²) >= 11 is 0. The summed E-state index contributed by atoms with van der Waals surface area (Å²) in [4.78, 5) is 27.1. The predicted octanol–water partition coefficient (Wildman–Crippen LogP) is 14.8. The Morgan fingerprint density at radius 3 is 1.23 bits per heavy atom. The molecule has 0 amide bonds. The molecule has 0 aromatic heterocycles. The van der Waals surface area contributed by atoms with Gasteiger partial charge in [0.15, 0.2) is 0 Å². The van der Waals surface area contributed by atoms with Crippen LogP contribution in [0, 0.1) is 22.7 Å². The summed E-state index contributed by atoms with van der Waals surface area (Å²) in [5, 5.41) is 11.8. The van der Waals surface area contributed by atoms with Crippen LogP contribution in [0.1, 0.15) is 255 Å². The van der Waals surface area contributed by atoms with Gasteiger partial charge in [0.2, 0.25) is 0 Å². The highest BCUT2D eigenvalue weighted by atomic mass is 16.5. The number of esters is 2. The number of rotatable bonds is 39. The van der Waals surface area contributed by atoms with E-state index in [0.29, 0.717) is 36.9 Å². The Bertz CT molecular complexity index is 871. The van der Waals surface area contributed by atoms with E-state index in [1.807, 2.05) is 0 Å². The second-order valence-corrected chi connectivity index (χ2v) is 20.9. The number of carbonyl (C=O) groups is 2. The summed E-state index contributed by atoms with van der Waals surface area (Å²) in [5.41, 5.74) is 0.209. The lowest BCUT2D eigenvalue weighted by Crippen LogP contribution is -2.30. The van der Waals surface area contributed by atoms with Crippen molar-refractivity contribution in [1.82, 2.24) is 4.90 Å². The zero-order chi connectivity index (χ0) is 42.8. The molecule has 0 bridgehead atoms. The van der Waals surface area contributed by atoms with E-state index in [4.69, 9.17) is 9.47 Å². The Morgan fingerprint density at radius 1 is 0.491 bits per heavy atom. The lowest BCUT2D eigenvalue weighted by molar-refractivity contribution is -0.144. The number of hydrogen-bond acceptors (Lipinski definition) is 6. The van der Waals surface area contributed by atoms with Gasteiger partial charge in [0.1, 0.15) is 0 Å². The maximum absolute atomic E-state index is 12.2. The Kier molecular flexibility index (Phi) is 33.9. The summed E-state index contributed by atoms with van der Waals surface area (Å²) < 4.78 is 11.1. The van der Waals surface area contributed by atoms with Gasteiger partial charge in [-0.05, 0) is 126 Å². The van der Waals surface area contributed by atoms with Crippen LogP contribution in [0.4, 0.5) is 0 Å². The highest BCUT2D eigenvalue weighted by molar-refractivity contribution is 5.69. The average molecular weight is 808 g/mol. The first-order valence-corrected chi connectivity index (χ1v) is 24.7. The molecular weight excluding hydrogens is 707 g/mol. The van der Waals surface area contributed by atoms with E-state index in [9.17, 15) is 14.7 Å². The molecule has 340 valence electrons. The smallest absolute Gasteiger partial charge is 0.305 e. The Labute approximate surface area is 356 Å². The van der Waals surface area contributed by atoms with Crippen LogP contribution in [0.2, 0.25) is 0 Å². The largest absolute Gasteiger partial charge is 0.466 e. The third-order valence-electron chi connectivity index (χ3n) is 11.6. The summed E-state index contributed by atoms with van der Waals surface area (Å²) in [7, 11) is 0. The molecule has 0 aliphatic carbocycles. The third kappa shape index (κ3) is 38.8. The van der Waals surface area contributed by atoms with Crippen molar-refractivity contribution in [2.75, 3.05) is 32.8 Å². The molecule has 0 aromatic rings. The summed E-state index contributed by atoms with van der Waals surface area (Å²) in [6.07, 6.45) is 30.5. The number of aliphatic hydroxyl groups is 1. The highest BCUT2D eigenvalue weighted by Crippen LogP contribution is 2.30. The van der Waals surface area contributed by atoms with Crippen molar-refractivity contribution in [1.29, 1.82) is 0 Å². The molecule has 0 aliphatic rings. The molecule has 0 saturated carbocycles.